The molecule has 9 atom stereocenters. The van der Waals surface area contributed by atoms with Gasteiger partial charge in [0.1, 0.15) is 11.8 Å². The first kappa shape index (κ1) is 72.2. The zero-order valence-corrected chi connectivity index (χ0v) is 51.7. The fourth-order valence-corrected chi connectivity index (χ4v) is 11.5. The number of carboxylic acid groups (broad SMARTS) is 1. The summed E-state index contributed by atoms with van der Waals surface area (Å²) in [5, 5.41) is 47.3. The number of nitrogens with zero attached hydrogens (tertiary/aromatic N) is 1. The number of aromatic amines is 1. The first-order valence-corrected chi connectivity index (χ1v) is 31.1. The summed E-state index contributed by atoms with van der Waals surface area (Å²) in [6.07, 6.45) is 3.27. The van der Waals surface area contributed by atoms with E-state index in [0.29, 0.717) is 18.5 Å². The normalized spacial score (nSPS) is 16.5. The van der Waals surface area contributed by atoms with Crippen molar-refractivity contribution >= 4 is 87.3 Å². The molecule has 26 heteroatoms. The number of phenolic OH excluding ortho intramolecular Hbond substituents is 1. The molecule has 1 aromatic heterocycles. The van der Waals surface area contributed by atoms with E-state index in [1.807, 2.05) is 24.3 Å². The number of phenols is 1. The molecule has 0 aliphatic heterocycles. The summed E-state index contributed by atoms with van der Waals surface area (Å²) in [5.41, 5.74) is 19.3. The molecule has 2 aliphatic carbocycles. The number of aliphatic imine (C=N–C) groups is 1. The smallest absolute Gasteiger partial charge is 0.303 e. The maximum atomic E-state index is 14.3. The zero-order chi connectivity index (χ0) is 66.0. The number of nitrogens with one attached hydrogen (secondary N) is 7. The molecule has 0 bridgehead atoms. The fraction of sp³-hybridized carbons (Fsp3) is 0.578. The number of ketones is 4. The number of rotatable bonds is 41. The predicted octanol–water partition coefficient (Wildman–Crippen LogP) is 2.26. The standard InChI is InChI=1S/C64H91N11O15/c1-36(76)46(33-56(82)51(34-57(65)83)73-61(88)41(13-9-17-59(85)86)31-54(80)49(71-37(2)77)28-40-20-22-44(78)23-21-40)63(90)74-48(27-38-11-5-4-6-12-38)53(79)24-25-58(84)72-50(29-39-18-19-39)55(81)32-42(14-10-26-69-64(67)68-3)62(89)75-52(60(66)87)30-43-35-70-47-16-8-7-15-45(43)47/h7-8,15-16,20-23,35-36,38-39,41-42,46,48-52,70,76,78H,4-6,9-14,17-19,24-34H2,1-3H3,(H2,65,83)(H2,66,87)(H,71,77)(H,72,84)(H,73,88)(H,74,90)(H,75,89)(H,85,86)(H3,67,68,69)/t36-,41-,42-,46+,48+,49-,50+,51+,52+/m1/s1. The summed E-state index contributed by atoms with van der Waals surface area (Å²) < 4.78 is 0. The molecule has 1 heterocycles. The van der Waals surface area contributed by atoms with E-state index in [0.717, 1.165) is 61.4 Å². The number of guanidine groups is 1. The van der Waals surface area contributed by atoms with Crippen LogP contribution in [0.25, 0.3) is 10.9 Å². The molecule has 0 spiro atoms. The zero-order valence-electron chi connectivity index (χ0n) is 51.7. The van der Waals surface area contributed by atoms with Gasteiger partial charge in [-0.25, -0.2) is 0 Å². The summed E-state index contributed by atoms with van der Waals surface area (Å²) in [7, 11) is 1.51. The molecule has 0 radical (unpaired) electrons. The van der Waals surface area contributed by atoms with Gasteiger partial charge in [0.25, 0.3) is 0 Å². The molecular formula is C64H91N11O15. The number of nitrogens with two attached hydrogens (primary N) is 3. The molecule has 3 aromatic rings. The van der Waals surface area contributed by atoms with Crippen LogP contribution < -0.4 is 49.1 Å². The molecule has 90 heavy (non-hydrogen) atoms. The summed E-state index contributed by atoms with van der Waals surface area (Å²) in [6.45, 7) is 2.74. The average molecular weight is 1250 g/mol. The van der Waals surface area contributed by atoms with E-state index in [4.69, 9.17) is 17.2 Å². The summed E-state index contributed by atoms with van der Waals surface area (Å²) in [4.78, 5) is 169. The first-order valence-electron chi connectivity index (χ1n) is 31.1. The van der Waals surface area contributed by atoms with E-state index in [1.54, 1.807) is 6.20 Å². The molecule has 2 fully saturated rings. The minimum Gasteiger partial charge on any atom is -0.508 e. The third-order valence-corrected chi connectivity index (χ3v) is 16.8. The average Bonchev–Trinajstić information content (AvgIpc) is 3.05. The van der Waals surface area contributed by atoms with Gasteiger partial charge in [-0.15, -0.1) is 0 Å². The number of aliphatic hydroxyl groups excluding tert-OH is 1. The number of primary amides is 2. The van der Waals surface area contributed by atoms with Crippen molar-refractivity contribution in [1.29, 1.82) is 0 Å². The van der Waals surface area contributed by atoms with Crippen molar-refractivity contribution < 1.29 is 72.9 Å². The van der Waals surface area contributed by atoms with Crippen molar-refractivity contribution in [3.8, 4) is 5.75 Å². The number of aromatic nitrogens is 1. The number of hydrogen-bond acceptors (Lipinski definition) is 15. The molecule has 26 nitrogen and oxygen atoms in total. The lowest BCUT2D eigenvalue weighted by molar-refractivity contribution is -0.139. The number of carbonyl (C=O) groups excluding carboxylic acids is 11. The third-order valence-electron chi connectivity index (χ3n) is 16.8. The minimum absolute atomic E-state index is 0.00865. The van der Waals surface area contributed by atoms with Crippen LogP contribution in [0.3, 0.4) is 0 Å². The Labute approximate surface area is 523 Å². The number of Topliss-reactive ketones (excluding diaryl/α,β-unsaturated/α-hetero) is 4. The van der Waals surface area contributed by atoms with E-state index in [-0.39, 0.29) is 87.8 Å². The Balaban J connectivity index is 1.28. The minimum atomic E-state index is -1.69. The van der Waals surface area contributed by atoms with E-state index < -0.39 is 150 Å². The summed E-state index contributed by atoms with van der Waals surface area (Å²) >= 11 is 0. The number of benzene rings is 2. The molecule has 492 valence electrons. The lowest BCUT2D eigenvalue weighted by Gasteiger charge is -2.29. The maximum Gasteiger partial charge on any atom is 0.303 e. The topological polar surface area (TPSA) is 444 Å². The number of amides is 7. The lowest BCUT2D eigenvalue weighted by Crippen LogP contribution is -2.50. The van der Waals surface area contributed by atoms with Gasteiger partial charge in [-0.3, -0.25) is 62.5 Å². The van der Waals surface area contributed by atoms with Crippen molar-refractivity contribution in [3.63, 3.8) is 0 Å². The van der Waals surface area contributed by atoms with Crippen LogP contribution in [-0.2, 0) is 70.4 Å². The van der Waals surface area contributed by atoms with Gasteiger partial charge in [0, 0.05) is 94.4 Å². The Kier molecular flexibility index (Phi) is 29.0. The molecular weight excluding hydrogens is 1160 g/mol. The second kappa shape index (κ2) is 36.2. The van der Waals surface area contributed by atoms with Crippen molar-refractivity contribution in [1.82, 2.24) is 36.9 Å². The van der Waals surface area contributed by atoms with Crippen LogP contribution in [-0.4, -0.2) is 147 Å². The third kappa shape index (κ3) is 24.8. The molecule has 2 saturated carbocycles. The molecule has 16 N–H and O–H groups in total. The van der Waals surface area contributed by atoms with Crippen LogP contribution in [0.5, 0.6) is 5.75 Å². The number of carboxylic acids is 1. The Hall–Kier alpha value is -8.55. The predicted molar refractivity (Wildman–Crippen MR) is 332 cm³/mol. The lowest BCUT2D eigenvalue weighted by atomic mass is 9.83. The Morgan fingerprint density at radius 3 is 1.79 bits per heavy atom. The van der Waals surface area contributed by atoms with E-state index in [1.165, 1.54) is 45.2 Å². The number of para-hydroxylation sites is 1. The maximum absolute atomic E-state index is 14.3. The second-order valence-corrected chi connectivity index (χ2v) is 24.2. The van der Waals surface area contributed by atoms with Crippen LogP contribution in [0.4, 0.5) is 0 Å². The van der Waals surface area contributed by atoms with Crippen LogP contribution in [0.2, 0.25) is 0 Å². The molecule has 0 saturated heterocycles. The highest BCUT2D eigenvalue weighted by Crippen LogP contribution is 2.35. The highest BCUT2D eigenvalue weighted by molar-refractivity contribution is 5.99. The van der Waals surface area contributed by atoms with Crippen LogP contribution in [0, 0.1) is 29.6 Å². The van der Waals surface area contributed by atoms with E-state index >= 15 is 0 Å². The molecule has 5 rings (SSSR count). The number of aliphatic carboxylic acids is 1. The number of hydrogen-bond donors (Lipinski definition) is 13. The van der Waals surface area contributed by atoms with Gasteiger partial charge in [-0.1, -0.05) is 75.3 Å². The number of H-pyrrole nitrogens is 1. The highest BCUT2D eigenvalue weighted by Gasteiger charge is 2.38. The van der Waals surface area contributed by atoms with E-state index in [2.05, 4.69) is 41.9 Å². The fourth-order valence-electron chi connectivity index (χ4n) is 11.5. The van der Waals surface area contributed by atoms with Crippen LogP contribution in [0.1, 0.15) is 153 Å². The molecule has 7 amide bonds. The van der Waals surface area contributed by atoms with Gasteiger partial charge in [0.05, 0.1) is 42.6 Å². The van der Waals surface area contributed by atoms with Gasteiger partial charge < -0.3 is 69.4 Å². The SMILES string of the molecule is CN=C(N)NCCC[C@H](CC(=O)[C@H](CC1CC1)NC(=O)CCC(=O)[C@H](CC1CCCCC1)NC(=O)[C@@H](CC(=O)[C@H](CC(N)=O)NC(=O)[C@H](CCCC(=O)O)CC(=O)[C@@H](Cc1ccc(O)cc1)NC(C)=O)[C@@H](C)O)C(=O)N[C@@H](Cc1c[nH]c2ccccc12)C(N)=O. The second-order valence-electron chi connectivity index (χ2n) is 24.2. The van der Waals surface area contributed by atoms with Gasteiger partial charge in [-0.2, -0.15) is 0 Å². The van der Waals surface area contributed by atoms with Crippen LogP contribution in [0.15, 0.2) is 59.7 Å². The number of aliphatic hydroxyl groups is 1. The number of fused-ring (bicyclic) bond motifs is 1. The van der Waals surface area contributed by atoms with E-state index in [9.17, 15) is 72.9 Å². The van der Waals surface area contributed by atoms with Gasteiger partial charge in [0.2, 0.25) is 41.4 Å². The van der Waals surface area contributed by atoms with Gasteiger partial charge in [-0.05, 0) is 93.0 Å². The van der Waals surface area contributed by atoms with Gasteiger partial charge >= 0.3 is 5.97 Å². The highest BCUT2D eigenvalue weighted by atomic mass is 16.4. The molecule has 0 unspecified atom stereocenters. The van der Waals surface area contributed by atoms with Crippen LogP contribution >= 0.6 is 0 Å². The van der Waals surface area contributed by atoms with Crippen molar-refractivity contribution in [3.05, 3.63) is 65.9 Å². The molecule has 2 aromatic carbocycles. The Morgan fingerprint density at radius 1 is 0.622 bits per heavy atom. The first-order chi connectivity index (χ1) is 42.8. The monoisotopic (exact) mass is 1250 g/mol. The Morgan fingerprint density at radius 2 is 1.20 bits per heavy atom. The summed E-state index contributed by atoms with van der Waals surface area (Å²) in [6, 6.07) is 7.10. The summed E-state index contributed by atoms with van der Waals surface area (Å²) in [5.74, 6) is -12.7. The molecule has 2 aliphatic rings. The number of carbonyl (C=O) groups is 12. The largest absolute Gasteiger partial charge is 0.508 e. The van der Waals surface area contributed by atoms with Crippen molar-refractivity contribution in [2.75, 3.05) is 13.6 Å². The van der Waals surface area contributed by atoms with Crippen molar-refractivity contribution in [2.24, 2.45) is 51.8 Å². The quantitative estimate of drug-likeness (QED) is 0.0220. The van der Waals surface area contributed by atoms with Crippen molar-refractivity contribution in [2.45, 2.75) is 191 Å². The number of aromatic hydroxyl groups is 1. The Bertz CT molecular complexity index is 3030. The van der Waals surface area contributed by atoms with Gasteiger partial charge in [0.15, 0.2) is 29.1 Å².